The summed E-state index contributed by atoms with van der Waals surface area (Å²) in [5.74, 6) is -0.0198. The van der Waals surface area contributed by atoms with Crippen LogP contribution in [0.3, 0.4) is 0 Å². The Morgan fingerprint density at radius 1 is 1.46 bits per heavy atom. The highest BCUT2D eigenvalue weighted by Gasteiger charge is 2.38. The van der Waals surface area contributed by atoms with Crippen molar-refractivity contribution in [3.8, 4) is 0 Å². The predicted molar refractivity (Wildman–Crippen MR) is 97.1 cm³/mol. The van der Waals surface area contributed by atoms with Gasteiger partial charge in [0.15, 0.2) is 11.9 Å². The van der Waals surface area contributed by atoms with Crippen LogP contribution in [0.5, 0.6) is 0 Å². The van der Waals surface area contributed by atoms with E-state index in [2.05, 4.69) is 26.8 Å². The number of carbonyl (C=O) groups excluding carboxylic acids is 1. The van der Waals surface area contributed by atoms with Crippen LogP contribution in [0.15, 0.2) is 18.5 Å². The van der Waals surface area contributed by atoms with Gasteiger partial charge >= 0.3 is 0 Å². The second kappa shape index (κ2) is 7.48. The number of nitrogens with one attached hydrogen (secondary N) is 1. The van der Waals surface area contributed by atoms with Crippen molar-refractivity contribution in [2.24, 2.45) is 5.92 Å². The van der Waals surface area contributed by atoms with Crippen molar-refractivity contribution >= 4 is 23.4 Å². The third-order valence-corrected chi connectivity index (χ3v) is 4.77. The molecule has 1 aliphatic rings. The van der Waals surface area contributed by atoms with Gasteiger partial charge in [-0.1, -0.05) is 6.58 Å². The number of carbonyl (C=O) groups is 1. The van der Waals surface area contributed by atoms with E-state index in [1.54, 1.807) is 10.9 Å². The molecular formula is C17H24N6O3. The molecule has 0 saturated heterocycles. The fraction of sp³-hybridized carbons (Fsp3) is 0.529. The van der Waals surface area contributed by atoms with E-state index in [0.717, 1.165) is 12.1 Å². The average molecular weight is 360 g/mol. The summed E-state index contributed by atoms with van der Waals surface area (Å²) in [6.07, 6.45) is 1.99. The number of imidazole rings is 1. The van der Waals surface area contributed by atoms with Gasteiger partial charge in [-0.2, -0.15) is 4.98 Å². The molecule has 0 amide bonds. The van der Waals surface area contributed by atoms with E-state index < -0.39 is 6.10 Å². The minimum atomic E-state index is -0.667. The largest absolute Gasteiger partial charge is 0.396 e. The van der Waals surface area contributed by atoms with Gasteiger partial charge in [-0.3, -0.25) is 4.79 Å². The maximum atomic E-state index is 11.4. The van der Waals surface area contributed by atoms with Crippen LogP contribution in [0.4, 0.5) is 5.95 Å². The van der Waals surface area contributed by atoms with Crippen LogP contribution in [0, 0.1) is 5.92 Å². The Hall–Kier alpha value is -2.36. The van der Waals surface area contributed by atoms with Crippen LogP contribution >= 0.6 is 0 Å². The molecule has 1 aliphatic carbocycles. The zero-order valence-electron chi connectivity index (χ0n) is 15.0. The van der Waals surface area contributed by atoms with Gasteiger partial charge in [0.1, 0.15) is 11.2 Å². The lowest BCUT2D eigenvalue weighted by Gasteiger charge is -2.16. The minimum Gasteiger partial charge on any atom is -0.396 e. The van der Waals surface area contributed by atoms with E-state index in [-0.39, 0.29) is 24.3 Å². The third kappa shape index (κ3) is 3.33. The SMILES string of the molecule is C=C1[C@H](CO)C(O)C[C@@H]1n1cnc2c(C=O)nc(NCCN(C)C)nc21. The molecule has 0 bridgehead atoms. The smallest absolute Gasteiger partial charge is 0.225 e. The molecule has 0 spiro atoms. The molecule has 2 aromatic rings. The fourth-order valence-electron chi connectivity index (χ4n) is 3.29. The van der Waals surface area contributed by atoms with Crippen molar-refractivity contribution in [1.29, 1.82) is 0 Å². The van der Waals surface area contributed by atoms with E-state index in [9.17, 15) is 15.0 Å². The molecule has 140 valence electrons. The maximum Gasteiger partial charge on any atom is 0.225 e. The van der Waals surface area contributed by atoms with Gasteiger partial charge in [0.05, 0.1) is 25.1 Å². The normalized spacial score (nSPS) is 23.1. The standard InChI is InChI=1S/C17H24N6O3/c1-10-11(7-24)14(26)6-13(10)23-9-19-15-12(8-25)20-17(21-16(15)23)18-4-5-22(2)3/h8-9,11,13-14,24,26H,1,4-7H2,2-3H3,(H,18,20,21)/t11-,13-,14?/m0/s1. The number of hydrogen-bond donors (Lipinski definition) is 3. The molecule has 1 saturated carbocycles. The summed E-state index contributed by atoms with van der Waals surface area (Å²) in [7, 11) is 3.93. The van der Waals surface area contributed by atoms with Gasteiger partial charge < -0.3 is 25.0 Å². The summed E-state index contributed by atoms with van der Waals surface area (Å²) in [5.41, 5.74) is 1.86. The monoisotopic (exact) mass is 360 g/mol. The quantitative estimate of drug-likeness (QED) is 0.470. The van der Waals surface area contributed by atoms with Crippen LogP contribution in [0.2, 0.25) is 0 Å². The topological polar surface area (TPSA) is 116 Å². The van der Waals surface area contributed by atoms with E-state index in [4.69, 9.17) is 0 Å². The fourth-order valence-corrected chi connectivity index (χ4v) is 3.29. The van der Waals surface area contributed by atoms with Crippen molar-refractivity contribution in [1.82, 2.24) is 24.4 Å². The number of likely N-dealkylation sites (N-methyl/N-ethyl adjacent to an activating group) is 1. The molecule has 2 aromatic heterocycles. The van der Waals surface area contributed by atoms with Gasteiger partial charge in [0.25, 0.3) is 0 Å². The molecule has 1 unspecified atom stereocenters. The number of anilines is 1. The number of hydrogen-bond acceptors (Lipinski definition) is 8. The Balaban J connectivity index is 1.97. The Labute approximate surface area is 151 Å². The Morgan fingerprint density at radius 2 is 2.23 bits per heavy atom. The number of aromatic nitrogens is 4. The predicted octanol–water partition coefficient (Wildman–Crippen LogP) is 0.0827. The van der Waals surface area contributed by atoms with Gasteiger partial charge in [0.2, 0.25) is 5.95 Å². The van der Waals surface area contributed by atoms with Crippen LogP contribution < -0.4 is 5.32 Å². The highest BCUT2D eigenvalue weighted by atomic mass is 16.3. The van der Waals surface area contributed by atoms with Gasteiger partial charge in [0, 0.05) is 19.0 Å². The summed E-state index contributed by atoms with van der Waals surface area (Å²) in [6, 6.07) is -0.240. The first-order valence-corrected chi connectivity index (χ1v) is 8.52. The lowest BCUT2D eigenvalue weighted by atomic mass is 10.0. The zero-order chi connectivity index (χ0) is 18.8. The molecule has 9 heteroatoms. The molecular weight excluding hydrogens is 336 g/mol. The summed E-state index contributed by atoms with van der Waals surface area (Å²) < 4.78 is 1.79. The Kier molecular flexibility index (Phi) is 5.30. The molecule has 1 fully saturated rings. The summed E-state index contributed by atoms with van der Waals surface area (Å²) in [6.45, 7) is 5.30. The maximum absolute atomic E-state index is 11.4. The van der Waals surface area contributed by atoms with Gasteiger partial charge in [-0.15, -0.1) is 0 Å². The molecule has 9 nitrogen and oxygen atoms in total. The first kappa shape index (κ1) is 18.4. The Morgan fingerprint density at radius 3 is 2.85 bits per heavy atom. The van der Waals surface area contributed by atoms with Crippen molar-refractivity contribution in [3.63, 3.8) is 0 Å². The second-order valence-corrected chi connectivity index (χ2v) is 6.79. The van der Waals surface area contributed by atoms with E-state index in [1.807, 2.05) is 19.0 Å². The minimum absolute atomic E-state index is 0.158. The summed E-state index contributed by atoms with van der Waals surface area (Å²) in [5, 5.41) is 22.8. The molecule has 26 heavy (non-hydrogen) atoms. The number of aldehydes is 1. The van der Waals surface area contributed by atoms with Crippen LogP contribution in [0.25, 0.3) is 11.2 Å². The molecule has 3 N–H and O–H groups in total. The van der Waals surface area contributed by atoms with Crippen molar-refractivity contribution in [2.75, 3.05) is 39.1 Å². The molecule has 3 rings (SSSR count). The number of aliphatic hydroxyl groups excluding tert-OH is 2. The summed E-state index contributed by atoms with van der Waals surface area (Å²) in [4.78, 5) is 26.5. The first-order valence-electron chi connectivity index (χ1n) is 8.52. The highest BCUT2D eigenvalue weighted by molar-refractivity contribution is 5.91. The van der Waals surface area contributed by atoms with Crippen LogP contribution in [-0.4, -0.2) is 80.8 Å². The van der Waals surface area contributed by atoms with Crippen molar-refractivity contribution in [3.05, 3.63) is 24.2 Å². The first-order chi connectivity index (χ1) is 12.5. The highest BCUT2D eigenvalue weighted by Crippen LogP contribution is 2.40. The zero-order valence-corrected chi connectivity index (χ0v) is 15.0. The number of rotatable bonds is 7. The molecule has 0 aliphatic heterocycles. The molecule has 0 aromatic carbocycles. The van der Waals surface area contributed by atoms with E-state index in [1.165, 1.54) is 0 Å². The molecule has 3 atom stereocenters. The number of fused-ring (bicyclic) bond motifs is 1. The van der Waals surface area contributed by atoms with Gasteiger partial charge in [-0.25, -0.2) is 9.97 Å². The lowest BCUT2D eigenvalue weighted by Crippen LogP contribution is -2.22. The second-order valence-electron chi connectivity index (χ2n) is 6.79. The van der Waals surface area contributed by atoms with Crippen molar-refractivity contribution in [2.45, 2.75) is 18.6 Å². The molecule has 0 radical (unpaired) electrons. The Bertz CT molecular complexity index is 818. The van der Waals surface area contributed by atoms with Gasteiger partial charge in [-0.05, 0) is 26.1 Å². The number of aliphatic hydroxyl groups is 2. The van der Waals surface area contributed by atoms with E-state index >= 15 is 0 Å². The van der Waals surface area contributed by atoms with E-state index in [0.29, 0.717) is 36.4 Å². The van der Waals surface area contributed by atoms with Crippen molar-refractivity contribution < 1.29 is 15.0 Å². The molecule has 2 heterocycles. The average Bonchev–Trinajstić information content (AvgIpc) is 3.14. The van der Waals surface area contributed by atoms with Crippen LogP contribution in [-0.2, 0) is 0 Å². The lowest BCUT2D eigenvalue weighted by molar-refractivity contribution is 0.101. The third-order valence-electron chi connectivity index (χ3n) is 4.77. The number of nitrogens with zero attached hydrogens (tertiary/aromatic N) is 5. The van der Waals surface area contributed by atoms with Crippen LogP contribution in [0.1, 0.15) is 23.0 Å². The summed E-state index contributed by atoms with van der Waals surface area (Å²) >= 11 is 0.